The van der Waals surface area contributed by atoms with Gasteiger partial charge < -0.3 is 29.2 Å². The summed E-state index contributed by atoms with van der Waals surface area (Å²) in [6.45, 7) is 10.8. The van der Waals surface area contributed by atoms with Gasteiger partial charge in [-0.15, -0.1) is 0 Å². The van der Waals surface area contributed by atoms with Gasteiger partial charge >= 0.3 is 5.97 Å². The molecule has 33 heavy (non-hydrogen) atoms. The van der Waals surface area contributed by atoms with E-state index in [-0.39, 0.29) is 18.8 Å². The Hall–Kier alpha value is -1.32. The van der Waals surface area contributed by atoms with Crippen LogP contribution in [0.5, 0.6) is 0 Å². The molecule has 8 heteroatoms. The molecule has 0 aromatic heterocycles. The Labute approximate surface area is 195 Å². The van der Waals surface area contributed by atoms with E-state index in [2.05, 4.69) is 0 Å². The lowest BCUT2D eigenvalue weighted by atomic mass is 9.42. The lowest BCUT2D eigenvalue weighted by Gasteiger charge is -2.68. The minimum absolute atomic E-state index is 0.104. The van der Waals surface area contributed by atoms with E-state index in [1.807, 2.05) is 27.7 Å². The van der Waals surface area contributed by atoms with Crippen molar-refractivity contribution in [1.82, 2.24) is 0 Å². The highest BCUT2D eigenvalue weighted by molar-refractivity contribution is 5.93. The van der Waals surface area contributed by atoms with Gasteiger partial charge in [-0.2, -0.15) is 0 Å². The lowest BCUT2D eigenvalue weighted by molar-refractivity contribution is -0.340. The van der Waals surface area contributed by atoms with E-state index in [0.717, 1.165) is 0 Å². The zero-order valence-corrected chi connectivity index (χ0v) is 20.9. The second-order valence-corrected chi connectivity index (χ2v) is 11.2. The molecule has 3 aliphatic carbocycles. The van der Waals surface area contributed by atoms with Crippen LogP contribution >= 0.6 is 0 Å². The van der Waals surface area contributed by atoms with Crippen LogP contribution in [-0.2, 0) is 28.5 Å². The number of Topliss-reactive ketones (excluding diaryl/α,β-unsaturated/α-hetero) is 1. The Morgan fingerprint density at radius 2 is 1.82 bits per heavy atom. The first-order chi connectivity index (χ1) is 15.2. The number of ether oxygens (including phenoxy) is 4. The Bertz CT molecular complexity index is 895. The summed E-state index contributed by atoms with van der Waals surface area (Å²) in [7, 11) is 3.04. The van der Waals surface area contributed by atoms with Crippen LogP contribution in [-0.4, -0.2) is 78.4 Å². The van der Waals surface area contributed by atoms with Crippen LogP contribution in [0.25, 0.3) is 0 Å². The van der Waals surface area contributed by atoms with Crippen LogP contribution in [0.1, 0.15) is 54.4 Å². The number of methoxy groups -OCH3 is 2. The number of fused-ring (bicyclic) bond motifs is 5. The van der Waals surface area contributed by atoms with Crippen LogP contribution < -0.4 is 0 Å². The lowest BCUT2D eigenvalue weighted by Crippen LogP contribution is -2.79. The van der Waals surface area contributed by atoms with Crippen LogP contribution in [0.4, 0.5) is 0 Å². The van der Waals surface area contributed by atoms with E-state index in [9.17, 15) is 19.8 Å². The van der Waals surface area contributed by atoms with Gasteiger partial charge in [-0.3, -0.25) is 9.59 Å². The van der Waals surface area contributed by atoms with E-state index in [1.54, 1.807) is 14.0 Å². The Kier molecular flexibility index (Phi) is 5.70. The normalized spacial score (nSPS) is 48.7. The third-order valence-electron chi connectivity index (χ3n) is 9.65. The summed E-state index contributed by atoms with van der Waals surface area (Å²) in [5, 5.41) is 23.4. The fourth-order valence-electron chi connectivity index (χ4n) is 7.90. The van der Waals surface area contributed by atoms with Gasteiger partial charge in [-0.25, -0.2) is 0 Å². The number of aliphatic hydroxyl groups excluding tert-OH is 1. The first-order valence-electron chi connectivity index (χ1n) is 11.8. The molecule has 2 saturated carbocycles. The third kappa shape index (κ3) is 2.88. The molecule has 4 aliphatic rings. The third-order valence-corrected chi connectivity index (χ3v) is 9.65. The van der Waals surface area contributed by atoms with Crippen molar-refractivity contribution in [2.75, 3.05) is 20.8 Å². The highest BCUT2D eigenvalue weighted by Crippen LogP contribution is 2.65. The molecule has 186 valence electrons. The van der Waals surface area contributed by atoms with Crippen molar-refractivity contribution >= 4 is 11.8 Å². The zero-order chi connectivity index (χ0) is 24.7. The van der Waals surface area contributed by atoms with Gasteiger partial charge in [0.15, 0.2) is 11.4 Å². The fraction of sp³-hybridized carbons (Fsp3) is 0.840. The van der Waals surface area contributed by atoms with Crippen molar-refractivity contribution in [3.05, 3.63) is 11.1 Å². The Morgan fingerprint density at radius 1 is 1.18 bits per heavy atom. The maximum Gasteiger partial charge on any atom is 0.303 e. The molecule has 8 nitrogen and oxygen atoms in total. The first kappa shape index (κ1) is 24.8. The zero-order valence-electron chi connectivity index (χ0n) is 20.9. The van der Waals surface area contributed by atoms with Crippen molar-refractivity contribution in [3.63, 3.8) is 0 Å². The summed E-state index contributed by atoms with van der Waals surface area (Å²) in [6.07, 6.45) is -2.39. The van der Waals surface area contributed by atoms with Crippen molar-refractivity contribution in [3.8, 4) is 0 Å². The van der Waals surface area contributed by atoms with Gasteiger partial charge in [0.1, 0.15) is 12.2 Å². The molecule has 0 spiro atoms. The molecule has 3 fully saturated rings. The number of esters is 1. The minimum atomic E-state index is -1.41. The molecule has 9 atom stereocenters. The number of rotatable bonds is 3. The number of carbonyl (C=O) groups is 2. The topological polar surface area (TPSA) is 112 Å². The Morgan fingerprint density at radius 3 is 2.30 bits per heavy atom. The predicted molar refractivity (Wildman–Crippen MR) is 118 cm³/mol. The van der Waals surface area contributed by atoms with Crippen molar-refractivity contribution < 1.29 is 38.7 Å². The highest BCUT2D eigenvalue weighted by Gasteiger charge is 2.76. The Balaban J connectivity index is 2.05. The van der Waals surface area contributed by atoms with E-state index in [4.69, 9.17) is 18.9 Å². The number of hydrogen-bond donors (Lipinski definition) is 2. The van der Waals surface area contributed by atoms with Gasteiger partial charge in [-0.1, -0.05) is 20.8 Å². The van der Waals surface area contributed by atoms with E-state index >= 15 is 0 Å². The number of carbonyl (C=O) groups excluding carboxylic acids is 2. The SMILES string of the molecule is COC1C(=O)[C@]2(C)C(OC)CC3OCC3(OC(C)=O)C2C(C)C2(O)CC(O)C(C)=C1C2(C)C. The second kappa shape index (κ2) is 7.59. The van der Waals surface area contributed by atoms with Crippen LogP contribution in [0.3, 0.4) is 0 Å². The highest BCUT2D eigenvalue weighted by atomic mass is 16.6. The van der Waals surface area contributed by atoms with E-state index in [1.165, 1.54) is 14.0 Å². The molecular weight excluding hydrogens is 428 g/mol. The number of hydrogen-bond acceptors (Lipinski definition) is 8. The predicted octanol–water partition coefficient (Wildman–Crippen LogP) is 1.80. The summed E-state index contributed by atoms with van der Waals surface area (Å²) in [5.74, 6) is -1.81. The summed E-state index contributed by atoms with van der Waals surface area (Å²) in [4.78, 5) is 26.7. The average Bonchev–Trinajstić information content (AvgIpc) is 2.72. The maximum absolute atomic E-state index is 14.5. The van der Waals surface area contributed by atoms with Gasteiger partial charge in [-0.05, 0) is 30.9 Å². The molecule has 2 bridgehead atoms. The second-order valence-electron chi connectivity index (χ2n) is 11.2. The van der Waals surface area contributed by atoms with Crippen molar-refractivity contribution in [2.45, 2.75) is 90.0 Å². The quantitative estimate of drug-likeness (QED) is 0.478. The molecule has 0 aromatic rings. The molecule has 8 unspecified atom stereocenters. The molecule has 1 heterocycles. The summed E-state index contributed by atoms with van der Waals surface area (Å²) < 4.78 is 23.6. The minimum Gasteiger partial charge on any atom is -0.454 e. The monoisotopic (exact) mass is 466 g/mol. The molecule has 1 saturated heterocycles. The molecular formula is C25H38O8. The molecule has 1 aliphatic heterocycles. The molecule has 0 radical (unpaired) electrons. The molecule has 4 rings (SSSR count). The largest absolute Gasteiger partial charge is 0.454 e. The summed E-state index contributed by atoms with van der Waals surface area (Å²) in [6, 6.07) is 0. The van der Waals surface area contributed by atoms with Crippen LogP contribution in [0.2, 0.25) is 0 Å². The van der Waals surface area contributed by atoms with Gasteiger partial charge in [0.25, 0.3) is 0 Å². The molecule has 2 N–H and O–H groups in total. The van der Waals surface area contributed by atoms with Gasteiger partial charge in [0, 0.05) is 45.3 Å². The van der Waals surface area contributed by atoms with Crippen molar-refractivity contribution in [1.29, 1.82) is 0 Å². The summed E-state index contributed by atoms with van der Waals surface area (Å²) >= 11 is 0. The molecule has 0 amide bonds. The van der Waals surface area contributed by atoms with E-state index < -0.39 is 64.3 Å². The number of aliphatic hydroxyl groups is 2. The van der Waals surface area contributed by atoms with Crippen LogP contribution in [0, 0.1) is 22.7 Å². The smallest absolute Gasteiger partial charge is 0.303 e. The van der Waals surface area contributed by atoms with Gasteiger partial charge in [0.2, 0.25) is 0 Å². The van der Waals surface area contributed by atoms with Crippen LogP contribution in [0.15, 0.2) is 11.1 Å². The van der Waals surface area contributed by atoms with Gasteiger partial charge in [0.05, 0.1) is 29.8 Å². The molecule has 0 aromatic carbocycles. The fourth-order valence-corrected chi connectivity index (χ4v) is 7.90. The maximum atomic E-state index is 14.5. The number of ketones is 1. The van der Waals surface area contributed by atoms with E-state index in [0.29, 0.717) is 17.6 Å². The first-order valence-corrected chi connectivity index (χ1v) is 11.8. The summed E-state index contributed by atoms with van der Waals surface area (Å²) in [5.41, 5.74) is -3.23. The average molecular weight is 467 g/mol. The standard InChI is InChI=1S/C25H38O8/c1-12-15(27)10-25(29)13(2)20-23(6,21(28)19(31-8)18(12)22(25,4)5)16(30-7)9-17-24(20,11-32-17)33-14(3)26/h13,15-17,19-20,27,29H,9-11H2,1-8H3/t13?,15?,16?,17?,19?,20?,23-,24?,25?/m1/s1. The van der Waals surface area contributed by atoms with Crippen molar-refractivity contribution in [2.24, 2.45) is 22.7 Å².